The quantitative estimate of drug-likeness (QED) is 0.642. The predicted molar refractivity (Wildman–Crippen MR) is 93.5 cm³/mol. The number of hydrogen-bond donors (Lipinski definition) is 3. The minimum absolute atomic E-state index is 0.161. The molecule has 0 bridgehead atoms. The number of hydrogen-bond acceptors (Lipinski definition) is 5. The molecule has 1 aliphatic rings. The number of carbonyl (C=O) groups excluding carboxylic acids is 1. The molecule has 0 saturated carbocycles. The first-order valence-corrected chi connectivity index (χ1v) is 9.70. The summed E-state index contributed by atoms with van der Waals surface area (Å²) >= 11 is 0. The standard InChI is InChI=1S/C16H26N4O3S/c1-13(2)19-24(22,23)15-5-3-14(4-6-15)16(21)18-9-12-20-10-7-17-8-11-20/h3-6,13,17,19H,7-12H2,1-2H3,(H,18,21). The normalized spacial score (nSPS) is 16.3. The monoisotopic (exact) mass is 354 g/mol. The Balaban J connectivity index is 1.86. The van der Waals surface area contributed by atoms with Crippen LogP contribution in [0.25, 0.3) is 0 Å². The van der Waals surface area contributed by atoms with E-state index in [9.17, 15) is 13.2 Å². The van der Waals surface area contributed by atoms with Crippen LogP contribution in [-0.4, -0.2) is 64.5 Å². The van der Waals surface area contributed by atoms with Gasteiger partial charge in [0.05, 0.1) is 4.90 Å². The van der Waals surface area contributed by atoms with Crippen LogP contribution in [0.5, 0.6) is 0 Å². The molecule has 3 N–H and O–H groups in total. The SMILES string of the molecule is CC(C)NS(=O)(=O)c1ccc(C(=O)NCCN2CCNCC2)cc1. The first-order chi connectivity index (χ1) is 11.4. The third kappa shape index (κ3) is 5.55. The molecule has 24 heavy (non-hydrogen) atoms. The van der Waals surface area contributed by atoms with E-state index < -0.39 is 10.0 Å². The number of sulfonamides is 1. The van der Waals surface area contributed by atoms with E-state index in [0.29, 0.717) is 12.1 Å². The fourth-order valence-electron chi connectivity index (χ4n) is 2.53. The van der Waals surface area contributed by atoms with Crippen LogP contribution < -0.4 is 15.4 Å². The Bertz CT molecular complexity index is 638. The summed E-state index contributed by atoms with van der Waals surface area (Å²) in [6.45, 7) is 8.86. The van der Waals surface area contributed by atoms with Gasteiger partial charge >= 0.3 is 0 Å². The smallest absolute Gasteiger partial charge is 0.251 e. The topological polar surface area (TPSA) is 90.5 Å². The zero-order valence-corrected chi connectivity index (χ0v) is 15.0. The molecule has 0 spiro atoms. The second-order valence-electron chi connectivity index (χ2n) is 6.15. The van der Waals surface area contributed by atoms with Gasteiger partial charge in [0.25, 0.3) is 5.91 Å². The molecule has 0 unspecified atom stereocenters. The van der Waals surface area contributed by atoms with Gasteiger partial charge in [-0.1, -0.05) is 0 Å². The molecular weight excluding hydrogens is 328 g/mol. The van der Waals surface area contributed by atoms with Crippen LogP contribution in [-0.2, 0) is 10.0 Å². The molecule has 1 amide bonds. The fraction of sp³-hybridized carbons (Fsp3) is 0.562. The molecule has 1 aromatic rings. The minimum Gasteiger partial charge on any atom is -0.351 e. The highest BCUT2D eigenvalue weighted by atomic mass is 32.2. The van der Waals surface area contributed by atoms with Crippen LogP contribution >= 0.6 is 0 Å². The molecule has 1 aliphatic heterocycles. The molecule has 7 nitrogen and oxygen atoms in total. The maximum absolute atomic E-state index is 12.1. The molecule has 0 aliphatic carbocycles. The van der Waals surface area contributed by atoms with Crippen LogP contribution in [0.2, 0.25) is 0 Å². The molecule has 1 saturated heterocycles. The molecular formula is C16H26N4O3S. The number of rotatable bonds is 7. The van der Waals surface area contributed by atoms with Gasteiger partial charge in [0.1, 0.15) is 0 Å². The van der Waals surface area contributed by atoms with Crippen LogP contribution in [0.4, 0.5) is 0 Å². The Labute approximate surface area is 143 Å². The van der Waals surface area contributed by atoms with E-state index in [0.717, 1.165) is 32.7 Å². The number of amides is 1. The summed E-state index contributed by atoms with van der Waals surface area (Å²) in [5.41, 5.74) is 0.457. The van der Waals surface area contributed by atoms with E-state index in [1.165, 1.54) is 24.3 Å². The van der Waals surface area contributed by atoms with Crippen molar-refractivity contribution in [2.75, 3.05) is 39.3 Å². The number of carbonyl (C=O) groups is 1. The second kappa shape index (κ2) is 8.57. The van der Waals surface area contributed by atoms with Crippen LogP contribution in [0.15, 0.2) is 29.2 Å². The van der Waals surface area contributed by atoms with E-state index in [1.807, 2.05) is 0 Å². The van der Waals surface area contributed by atoms with Crippen molar-refractivity contribution in [1.82, 2.24) is 20.3 Å². The summed E-state index contributed by atoms with van der Waals surface area (Å²) in [7, 11) is -3.53. The lowest BCUT2D eigenvalue weighted by Gasteiger charge is -2.27. The molecule has 2 rings (SSSR count). The van der Waals surface area contributed by atoms with Crippen molar-refractivity contribution >= 4 is 15.9 Å². The molecule has 0 aromatic heterocycles. The van der Waals surface area contributed by atoms with E-state index in [4.69, 9.17) is 0 Å². The summed E-state index contributed by atoms with van der Waals surface area (Å²) in [5.74, 6) is -0.189. The summed E-state index contributed by atoms with van der Waals surface area (Å²) in [6, 6.07) is 5.80. The lowest BCUT2D eigenvalue weighted by Crippen LogP contribution is -2.46. The van der Waals surface area contributed by atoms with Gasteiger partial charge in [-0.2, -0.15) is 0 Å². The molecule has 1 fully saturated rings. The number of piperazine rings is 1. The van der Waals surface area contributed by atoms with Gasteiger partial charge in [0.2, 0.25) is 10.0 Å². The Morgan fingerprint density at radius 3 is 2.42 bits per heavy atom. The molecule has 134 valence electrons. The number of nitrogens with one attached hydrogen (secondary N) is 3. The van der Waals surface area contributed by atoms with Crippen molar-refractivity contribution < 1.29 is 13.2 Å². The van der Waals surface area contributed by atoms with Crippen molar-refractivity contribution in [2.24, 2.45) is 0 Å². The van der Waals surface area contributed by atoms with Crippen molar-refractivity contribution in [3.63, 3.8) is 0 Å². The molecule has 0 radical (unpaired) electrons. The highest BCUT2D eigenvalue weighted by molar-refractivity contribution is 7.89. The van der Waals surface area contributed by atoms with E-state index in [1.54, 1.807) is 13.8 Å². The summed E-state index contributed by atoms with van der Waals surface area (Å²) in [5, 5.41) is 6.16. The van der Waals surface area contributed by atoms with Crippen molar-refractivity contribution in [3.8, 4) is 0 Å². The van der Waals surface area contributed by atoms with Crippen molar-refractivity contribution in [2.45, 2.75) is 24.8 Å². The van der Waals surface area contributed by atoms with Gasteiger partial charge in [0, 0.05) is 50.9 Å². The average Bonchev–Trinajstić information content (AvgIpc) is 2.55. The molecule has 1 heterocycles. The van der Waals surface area contributed by atoms with Gasteiger partial charge < -0.3 is 10.6 Å². The van der Waals surface area contributed by atoms with E-state index in [-0.39, 0.29) is 16.8 Å². The Kier molecular flexibility index (Phi) is 6.73. The number of nitrogens with zero attached hydrogens (tertiary/aromatic N) is 1. The van der Waals surface area contributed by atoms with Gasteiger partial charge in [-0.3, -0.25) is 9.69 Å². The lowest BCUT2D eigenvalue weighted by molar-refractivity contribution is 0.0947. The number of benzene rings is 1. The van der Waals surface area contributed by atoms with Gasteiger partial charge in [0.15, 0.2) is 0 Å². The fourth-order valence-corrected chi connectivity index (χ4v) is 3.78. The van der Waals surface area contributed by atoms with Crippen LogP contribution in [0.1, 0.15) is 24.2 Å². The average molecular weight is 354 g/mol. The van der Waals surface area contributed by atoms with E-state index >= 15 is 0 Å². The van der Waals surface area contributed by atoms with Gasteiger partial charge in [-0.25, -0.2) is 13.1 Å². The Morgan fingerprint density at radius 1 is 1.21 bits per heavy atom. The Morgan fingerprint density at radius 2 is 1.83 bits per heavy atom. The maximum Gasteiger partial charge on any atom is 0.251 e. The third-order valence-electron chi connectivity index (χ3n) is 3.74. The van der Waals surface area contributed by atoms with E-state index in [2.05, 4.69) is 20.3 Å². The molecule has 8 heteroatoms. The molecule has 0 atom stereocenters. The Hall–Kier alpha value is -1.48. The lowest BCUT2D eigenvalue weighted by atomic mass is 10.2. The molecule has 1 aromatic carbocycles. The zero-order valence-electron chi connectivity index (χ0n) is 14.2. The third-order valence-corrected chi connectivity index (χ3v) is 5.42. The highest BCUT2D eigenvalue weighted by Crippen LogP contribution is 2.11. The van der Waals surface area contributed by atoms with Crippen molar-refractivity contribution in [1.29, 1.82) is 0 Å². The van der Waals surface area contributed by atoms with Crippen LogP contribution in [0, 0.1) is 0 Å². The van der Waals surface area contributed by atoms with Crippen LogP contribution in [0.3, 0.4) is 0 Å². The summed E-state index contributed by atoms with van der Waals surface area (Å²) in [6.07, 6.45) is 0. The predicted octanol–water partition coefficient (Wildman–Crippen LogP) is 0.00830. The minimum atomic E-state index is -3.53. The first-order valence-electron chi connectivity index (χ1n) is 8.22. The van der Waals surface area contributed by atoms with Gasteiger partial charge in [-0.05, 0) is 38.1 Å². The summed E-state index contributed by atoms with van der Waals surface area (Å²) < 4.78 is 26.6. The van der Waals surface area contributed by atoms with Gasteiger partial charge in [-0.15, -0.1) is 0 Å². The second-order valence-corrected chi connectivity index (χ2v) is 7.86. The summed E-state index contributed by atoms with van der Waals surface area (Å²) in [4.78, 5) is 14.6. The highest BCUT2D eigenvalue weighted by Gasteiger charge is 2.16. The largest absolute Gasteiger partial charge is 0.351 e. The maximum atomic E-state index is 12.1. The first kappa shape index (κ1) is 18.9. The van der Waals surface area contributed by atoms with Crippen molar-refractivity contribution in [3.05, 3.63) is 29.8 Å². The zero-order chi connectivity index (χ0) is 17.6.